The van der Waals surface area contributed by atoms with E-state index in [0.29, 0.717) is 0 Å². The van der Waals surface area contributed by atoms with E-state index < -0.39 is 0 Å². The second kappa shape index (κ2) is 4.83. The molecule has 0 bridgehead atoms. The number of nitrogens with one attached hydrogen (secondary N) is 1. The van der Waals surface area contributed by atoms with Gasteiger partial charge in [0.05, 0.1) is 0 Å². The van der Waals surface area contributed by atoms with Crippen molar-refractivity contribution in [2.75, 3.05) is 19.7 Å². The van der Waals surface area contributed by atoms with Gasteiger partial charge in [0.1, 0.15) is 0 Å². The van der Waals surface area contributed by atoms with Crippen LogP contribution in [0.15, 0.2) is 23.1 Å². The van der Waals surface area contributed by atoms with E-state index in [4.69, 9.17) is 4.74 Å². The molecule has 0 aromatic carbocycles. The van der Waals surface area contributed by atoms with Crippen LogP contribution in [0, 0.1) is 0 Å². The highest BCUT2D eigenvalue weighted by molar-refractivity contribution is 5.77. The summed E-state index contributed by atoms with van der Waals surface area (Å²) < 4.78 is 5.18. The summed E-state index contributed by atoms with van der Waals surface area (Å²) in [5.74, 6) is 0.135. The van der Waals surface area contributed by atoms with Gasteiger partial charge in [-0.2, -0.15) is 0 Å². The van der Waals surface area contributed by atoms with E-state index in [2.05, 4.69) is 4.98 Å². The minimum absolute atomic E-state index is 0.0549. The van der Waals surface area contributed by atoms with Crippen molar-refractivity contribution in [2.24, 2.45) is 0 Å². The number of hydrogen-bond donors (Lipinski definition) is 1. The first kappa shape index (κ1) is 10.7. The van der Waals surface area contributed by atoms with Gasteiger partial charge in [-0.25, -0.2) is 0 Å². The predicted octanol–water partition coefficient (Wildman–Crippen LogP) is 0.376. The minimum atomic E-state index is -0.309. The molecule has 1 amide bonds. The van der Waals surface area contributed by atoms with Gasteiger partial charge in [-0.3, -0.25) is 9.59 Å². The van der Waals surface area contributed by atoms with Crippen molar-refractivity contribution in [2.45, 2.75) is 12.8 Å². The van der Waals surface area contributed by atoms with Crippen LogP contribution in [0.3, 0.4) is 0 Å². The van der Waals surface area contributed by atoms with Crippen molar-refractivity contribution in [3.05, 3.63) is 28.7 Å². The number of rotatable bonds is 3. The molecule has 1 aliphatic heterocycles. The van der Waals surface area contributed by atoms with Crippen LogP contribution in [-0.4, -0.2) is 35.5 Å². The Labute approximate surface area is 93.0 Å². The quantitative estimate of drug-likeness (QED) is 0.804. The van der Waals surface area contributed by atoms with Crippen LogP contribution in [0.5, 0.6) is 5.75 Å². The number of aromatic amines is 1. The van der Waals surface area contributed by atoms with Gasteiger partial charge in [0.2, 0.25) is 0 Å². The zero-order valence-electron chi connectivity index (χ0n) is 8.94. The lowest BCUT2D eigenvalue weighted by atomic mass is 10.4. The average Bonchev–Trinajstić information content (AvgIpc) is 2.81. The normalized spacial score (nSPS) is 15.1. The van der Waals surface area contributed by atoms with Gasteiger partial charge in [0.15, 0.2) is 12.4 Å². The molecular formula is C11H14N2O3. The standard InChI is InChI=1S/C11H14N2O3/c14-10(13-6-1-2-7-13)8-16-9-4-3-5-12-11(9)15/h3-5H,1-2,6-8H2,(H,12,15). The molecule has 5 nitrogen and oxygen atoms in total. The van der Waals surface area contributed by atoms with Crippen LogP contribution >= 0.6 is 0 Å². The third-order valence-corrected chi connectivity index (χ3v) is 2.59. The number of likely N-dealkylation sites (tertiary alicyclic amines) is 1. The molecule has 0 aliphatic carbocycles. The summed E-state index contributed by atoms with van der Waals surface area (Å²) in [4.78, 5) is 27.1. The molecule has 0 spiro atoms. The van der Waals surface area contributed by atoms with E-state index in [1.54, 1.807) is 17.0 Å². The van der Waals surface area contributed by atoms with Crippen molar-refractivity contribution < 1.29 is 9.53 Å². The summed E-state index contributed by atoms with van der Waals surface area (Å²) >= 11 is 0. The maximum absolute atomic E-state index is 11.6. The predicted molar refractivity (Wildman–Crippen MR) is 58.4 cm³/mol. The van der Waals surface area contributed by atoms with E-state index in [-0.39, 0.29) is 23.8 Å². The Morgan fingerprint density at radius 2 is 2.19 bits per heavy atom. The van der Waals surface area contributed by atoms with Gasteiger partial charge in [0.25, 0.3) is 11.5 Å². The molecule has 86 valence electrons. The second-order valence-electron chi connectivity index (χ2n) is 3.74. The highest BCUT2D eigenvalue weighted by Gasteiger charge is 2.18. The van der Waals surface area contributed by atoms with E-state index in [9.17, 15) is 9.59 Å². The van der Waals surface area contributed by atoms with Crippen molar-refractivity contribution in [3.63, 3.8) is 0 Å². The summed E-state index contributed by atoms with van der Waals surface area (Å²) in [5, 5.41) is 0. The number of carbonyl (C=O) groups excluding carboxylic acids is 1. The summed E-state index contributed by atoms with van der Waals surface area (Å²) in [7, 11) is 0. The number of hydrogen-bond acceptors (Lipinski definition) is 3. The van der Waals surface area contributed by atoms with Crippen LogP contribution < -0.4 is 10.3 Å². The molecule has 1 aromatic rings. The molecule has 1 saturated heterocycles. The molecule has 0 saturated carbocycles. The lowest BCUT2D eigenvalue weighted by Crippen LogP contribution is -2.32. The second-order valence-corrected chi connectivity index (χ2v) is 3.74. The maximum Gasteiger partial charge on any atom is 0.290 e. The maximum atomic E-state index is 11.6. The van der Waals surface area contributed by atoms with Gasteiger partial charge in [-0.15, -0.1) is 0 Å². The molecular weight excluding hydrogens is 208 g/mol. The smallest absolute Gasteiger partial charge is 0.290 e. The van der Waals surface area contributed by atoms with Crippen molar-refractivity contribution in [1.82, 2.24) is 9.88 Å². The topological polar surface area (TPSA) is 62.4 Å². The molecule has 16 heavy (non-hydrogen) atoms. The van der Waals surface area contributed by atoms with E-state index in [0.717, 1.165) is 25.9 Å². The van der Waals surface area contributed by atoms with Gasteiger partial charge in [0, 0.05) is 19.3 Å². The molecule has 0 unspecified atom stereocenters. The van der Waals surface area contributed by atoms with Crippen LogP contribution in [0.25, 0.3) is 0 Å². The molecule has 5 heteroatoms. The molecule has 1 aliphatic rings. The third-order valence-electron chi connectivity index (χ3n) is 2.59. The summed E-state index contributed by atoms with van der Waals surface area (Å²) in [6, 6.07) is 3.22. The van der Waals surface area contributed by atoms with E-state index >= 15 is 0 Å². The Bertz CT molecular complexity index is 421. The van der Waals surface area contributed by atoms with Crippen LogP contribution in [0.2, 0.25) is 0 Å². The SMILES string of the molecule is O=C(COc1ccc[nH]c1=O)N1CCCC1. The van der Waals surface area contributed by atoms with E-state index in [1.165, 1.54) is 6.20 Å². The Hall–Kier alpha value is -1.78. The van der Waals surface area contributed by atoms with Gasteiger partial charge in [-0.1, -0.05) is 0 Å². The molecule has 1 fully saturated rings. The van der Waals surface area contributed by atoms with Crippen molar-refractivity contribution >= 4 is 5.91 Å². The summed E-state index contributed by atoms with van der Waals surface area (Å²) in [6.45, 7) is 1.54. The first-order chi connectivity index (χ1) is 7.77. The van der Waals surface area contributed by atoms with Crippen molar-refractivity contribution in [3.8, 4) is 5.75 Å². The highest BCUT2D eigenvalue weighted by Crippen LogP contribution is 2.08. The third kappa shape index (κ3) is 2.42. The number of aromatic nitrogens is 1. The van der Waals surface area contributed by atoms with Gasteiger partial charge >= 0.3 is 0 Å². The average molecular weight is 222 g/mol. The molecule has 2 heterocycles. The molecule has 0 atom stereocenters. The van der Waals surface area contributed by atoms with Gasteiger partial charge < -0.3 is 14.6 Å². The first-order valence-electron chi connectivity index (χ1n) is 5.35. The Kier molecular flexibility index (Phi) is 3.24. The Morgan fingerprint density at radius 3 is 2.88 bits per heavy atom. The number of amides is 1. The first-order valence-corrected chi connectivity index (χ1v) is 5.35. The number of H-pyrrole nitrogens is 1. The van der Waals surface area contributed by atoms with Crippen LogP contribution in [-0.2, 0) is 4.79 Å². The molecule has 1 aromatic heterocycles. The number of carbonyl (C=O) groups is 1. The summed E-state index contributed by atoms with van der Waals surface area (Å²) in [5.41, 5.74) is -0.309. The number of ether oxygens (including phenoxy) is 1. The summed E-state index contributed by atoms with van der Waals surface area (Å²) in [6.07, 6.45) is 3.63. The molecule has 1 N–H and O–H groups in total. The van der Waals surface area contributed by atoms with Crippen molar-refractivity contribution in [1.29, 1.82) is 0 Å². The van der Waals surface area contributed by atoms with E-state index in [1.807, 2.05) is 0 Å². The fourth-order valence-electron chi connectivity index (χ4n) is 1.72. The minimum Gasteiger partial charge on any atom is -0.478 e. The number of nitrogens with zero attached hydrogens (tertiary/aromatic N) is 1. The lowest BCUT2D eigenvalue weighted by Gasteiger charge is -2.14. The molecule has 0 radical (unpaired) electrons. The fourth-order valence-corrected chi connectivity index (χ4v) is 1.72. The largest absolute Gasteiger partial charge is 0.478 e. The zero-order chi connectivity index (χ0) is 11.4. The Balaban J connectivity index is 1.90. The highest BCUT2D eigenvalue weighted by atomic mass is 16.5. The Morgan fingerprint density at radius 1 is 1.44 bits per heavy atom. The molecule has 2 rings (SSSR count). The fraction of sp³-hybridized carbons (Fsp3) is 0.455. The monoisotopic (exact) mass is 222 g/mol. The zero-order valence-corrected chi connectivity index (χ0v) is 8.94. The lowest BCUT2D eigenvalue weighted by molar-refractivity contribution is -0.132. The number of pyridine rings is 1. The van der Waals surface area contributed by atoms with Gasteiger partial charge in [-0.05, 0) is 25.0 Å². The van der Waals surface area contributed by atoms with Crippen LogP contribution in [0.1, 0.15) is 12.8 Å². The van der Waals surface area contributed by atoms with Crippen LogP contribution in [0.4, 0.5) is 0 Å².